The van der Waals surface area contributed by atoms with Crippen molar-refractivity contribution in [2.24, 2.45) is 5.10 Å². The number of benzene rings is 3. The van der Waals surface area contributed by atoms with Crippen molar-refractivity contribution in [3.8, 4) is 17.2 Å². The molecule has 0 spiro atoms. The van der Waals surface area contributed by atoms with E-state index < -0.39 is 0 Å². The molecule has 4 aromatic rings. The average molecular weight is 401 g/mol. The maximum atomic E-state index is 13.1. The fourth-order valence-corrected chi connectivity index (χ4v) is 2.97. The molecule has 0 aliphatic carbocycles. The third kappa shape index (κ3) is 3.86. The zero-order chi connectivity index (χ0) is 20.9. The zero-order valence-corrected chi connectivity index (χ0v) is 16.2. The molecule has 0 saturated carbocycles. The van der Waals surface area contributed by atoms with Gasteiger partial charge in [-0.3, -0.25) is 4.79 Å². The van der Waals surface area contributed by atoms with E-state index in [0.29, 0.717) is 33.8 Å². The lowest BCUT2D eigenvalue weighted by atomic mass is 10.2. The molecular weight excluding hydrogens is 382 g/mol. The molecule has 0 unspecified atom stereocenters. The van der Waals surface area contributed by atoms with Crippen LogP contribution in [0.1, 0.15) is 11.4 Å². The highest BCUT2D eigenvalue weighted by atomic mass is 16.5. The third-order valence-corrected chi connectivity index (χ3v) is 4.49. The van der Waals surface area contributed by atoms with Crippen molar-refractivity contribution in [1.29, 1.82) is 0 Å². The van der Waals surface area contributed by atoms with Crippen LogP contribution in [0, 0.1) is 0 Å². The van der Waals surface area contributed by atoms with Crippen molar-refractivity contribution in [3.05, 3.63) is 94.5 Å². The van der Waals surface area contributed by atoms with Crippen molar-refractivity contribution in [2.45, 2.75) is 6.61 Å². The number of aromatic nitrogens is 2. The Bertz CT molecular complexity index is 1270. The molecule has 0 atom stereocenters. The van der Waals surface area contributed by atoms with Crippen molar-refractivity contribution >= 4 is 17.1 Å². The van der Waals surface area contributed by atoms with Gasteiger partial charge in [0.1, 0.15) is 12.4 Å². The van der Waals surface area contributed by atoms with Crippen molar-refractivity contribution in [1.82, 2.24) is 9.66 Å². The molecule has 7 nitrogen and oxygen atoms in total. The SMILES string of the molecule is COc1cccc(/C=N/n2c(COc3ccccc3)nc3ccccc3c2=O)c1O. The van der Waals surface area contributed by atoms with Gasteiger partial charge in [-0.05, 0) is 36.4 Å². The highest BCUT2D eigenvalue weighted by Gasteiger charge is 2.12. The van der Waals surface area contributed by atoms with Gasteiger partial charge in [-0.1, -0.05) is 36.4 Å². The fourth-order valence-electron chi connectivity index (χ4n) is 2.97. The Morgan fingerprint density at radius 3 is 2.60 bits per heavy atom. The van der Waals surface area contributed by atoms with Crippen LogP contribution in [-0.4, -0.2) is 28.1 Å². The first kappa shape index (κ1) is 19.2. The first-order valence-corrected chi connectivity index (χ1v) is 9.26. The second-order valence-electron chi connectivity index (χ2n) is 6.41. The number of aromatic hydroxyl groups is 1. The molecule has 0 fully saturated rings. The van der Waals surface area contributed by atoms with Crippen LogP contribution in [0.5, 0.6) is 17.2 Å². The van der Waals surface area contributed by atoms with Crippen LogP contribution >= 0.6 is 0 Å². The first-order valence-electron chi connectivity index (χ1n) is 9.26. The maximum Gasteiger partial charge on any atom is 0.282 e. The summed E-state index contributed by atoms with van der Waals surface area (Å²) in [5, 5.41) is 15.0. The first-order chi connectivity index (χ1) is 14.7. The van der Waals surface area contributed by atoms with Gasteiger partial charge >= 0.3 is 0 Å². The second kappa shape index (κ2) is 8.48. The third-order valence-electron chi connectivity index (χ3n) is 4.49. The molecule has 1 heterocycles. The molecule has 1 N–H and O–H groups in total. The van der Waals surface area contributed by atoms with Crippen LogP contribution in [0.4, 0.5) is 0 Å². The fraction of sp³-hybridized carbons (Fsp3) is 0.0870. The molecule has 0 aliphatic rings. The van der Waals surface area contributed by atoms with Gasteiger partial charge in [0.2, 0.25) is 0 Å². The van der Waals surface area contributed by atoms with Gasteiger partial charge in [-0.2, -0.15) is 9.78 Å². The summed E-state index contributed by atoms with van der Waals surface area (Å²) in [4.78, 5) is 17.6. The normalized spacial score (nSPS) is 11.1. The van der Waals surface area contributed by atoms with Gasteiger partial charge in [0, 0.05) is 5.56 Å². The minimum absolute atomic E-state index is 0.0471. The lowest BCUT2D eigenvalue weighted by Gasteiger charge is -2.11. The minimum atomic E-state index is -0.328. The summed E-state index contributed by atoms with van der Waals surface area (Å²) >= 11 is 0. The lowest BCUT2D eigenvalue weighted by Crippen LogP contribution is -2.23. The summed E-state index contributed by atoms with van der Waals surface area (Å²) in [6.07, 6.45) is 1.39. The second-order valence-corrected chi connectivity index (χ2v) is 6.41. The van der Waals surface area contributed by atoms with Crippen LogP contribution in [0.2, 0.25) is 0 Å². The van der Waals surface area contributed by atoms with E-state index in [9.17, 15) is 9.90 Å². The summed E-state index contributed by atoms with van der Waals surface area (Å²) < 4.78 is 12.1. The molecular formula is C23H19N3O4. The Balaban J connectivity index is 1.77. The Morgan fingerprint density at radius 2 is 1.80 bits per heavy atom. The van der Waals surface area contributed by atoms with E-state index in [0.717, 1.165) is 0 Å². The van der Waals surface area contributed by atoms with Crippen LogP contribution in [0.3, 0.4) is 0 Å². The number of rotatable bonds is 6. The zero-order valence-electron chi connectivity index (χ0n) is 16.2. The number of fused-ring (bicyclic) bond motifs is 1. The van der Waals surface area contributed by atoms with E-state index in [4.69, 9.17) is 9.47 Å². The maximum absolute atomic E-state index is 13.1. The molecule has 30 heavy (non-hydrogen) atoms. The molecule has 0 saturated heterocycles. The van der Waals surface area contributed by atoms with Crippen LogP contribution in [0.25, 0.3) is 10.9 Å². The average Bonchev–Trinajstić information content (AvgIpc) is 2.79. The van der Waals surface area contributed by atoms with E-state index in [-0.39, 0.29) is 17.9 Å². The van der Waals surface area contributed by atoms with Crippen molar-refractivity contribution in [3.63, 3.8) is 0 Å². The summed E-state index contributed by atoms with van der Waals surface area (Å²) in [5.41, 5.74) is 0.639. The number of phenols is 1. The number of methoxy groups -OCH3 is 1. The van der Waals surface area contributed by atoms with Gasteiger partial charge in [0.25, 0.3) is 5.56 Å². The lowest BCUT2D eigenvalue weighted by molar-refractivity contribution is 0.289. The monoisotopic (exact) mass is 401 g/mol. The number of nitrogens with zero attached hydrogens (tertiary/aromatic N) is 3. The molecule has 0 amide bonds. The smallest absolute Gasteiger partial charge is 0.282 e. The highest BCUT2D eigenvalue weighted by Crippen LogP contribution is 2.28. The number of hydrogen-bond acceptors (Lipinski definition) is 6. The molecule has 0 aliphatic heterocycles. The van der Waals surface area contributed by atoms with E-state index >= 15 is 0 Å². The minimum Gasteiger partial charge on any atom is -0.504 e. The Labute approximate surface area is 172 Å². The van der Waals surface area contributed by atoms with Crippen molar-refractivity contribution in [2.75, 3.05) is 7.11 Å². The largest absolute Gasteiger partial charge is 0.504 e. The van der Waals surface area contributed by atoms with Gasteiger partial charge in [0.05, 0.1) is 24.2 Å². The molecule has 7 heteroatoms. The van der Waals surface area contributed by atoms with Crippen LogP contribution in [-0.2, 0) is 6.61 Å². The molecule has 1 aromatic heterocycles. The number of ether oxygens (including phenoxy) is 2. The number of phenolic OH excluding ortho intramolecular Hbond substituents is 1. The van der Waals surface area contributed by atoms with E-state index in [2.05, 4.69) is 10.1 Å². The van der Waals surface area contributed by atoms with Crippen LogP contribution in [0.15, 0.2) is 82.7 Å². The quantitative estimate of drug-likeness (QED) is 0.499. The highest BCUT2D eigenvalue weighted by molar-refractivity contribution is 5.85. The van der Waals surface area contributed by atoms with Gasteiger partial charge in [-0.15, -0.1) is 0 Å². The summed E-state index contributed by atoms with van der Waals surface area (Å²) in [6, 6.07) is 21.3. The summed E-state index contributed by atoms with van der Waals surface area (Å²) in [7, 11) is 1.47. The summed E-state index contributed by atoms with van der Waals surface area (Å²) in [6.45, 7) is 0.0471. The Hall–Kier alpha value is -4.13. The van der Waals surface area contributed by atoms with Crippen LogP contribution < -0.4 is 15.0 Å². The standard InChI is InChI=1S/C23H19N3O4/c1-29-20-13-7-8-16(22(20)27)14-24-26-21(15-30-17-9-3-2-4-10-17)25-19-12-6-5-11-18(19)23(26)28/h2-14,27H,15H2,1H3/b24-14+. The predicted molar refractivity (Wildman–Crippen MR) is 114 cm³/mol. The van der Waals surface area contributed by atoms with E-state index in [1.165, 1.54) is 18.0 Å². The van der Waals surface area contributed by atoms with Crippen molar-refractivity contribution < 1.29 is 14.6 Å². The Kier molecular flexibility index (Phi) is 5.43. The van der Waals surface area contributed by atoms with E-state index in [1.807, 2.05) is 36.4 Å². The van der Waals surface area contributed by atoms with Gasteiger partial charge < -0.3 is 14.6 Å². The molecule has 0 radical (unpaired) electrons. The molecule has 150 valence electrons. The predicted octanol–water partition coefficient (Wildman–Crippen LogP) is 3.57. The number of hydrogen-bond donors (Lipinski definition) is 1. The topological polar surface area (TPSA) is 85.9 Å². The molecule has 0 bridgehead atoms. The van der Waals surface area contributed by atoms with E-state index in [1.54, 1.807) is 36.4 Å². The Morgan fingerprint density at radius 1 is 1.03 bits per heavy atom. The van der Waals surface area contributed by atoms with Gasteiger partial charge in [-0.25, -0.2) is 4.98 Å². The summed E-state index contributed by atoms with van der Waals surface area (Å²) in [5.74, 6) is 1.24. The molecule has 3 aromatic carbocycles. The van der Waals surface area contributed by atoms with Gasteiger partial charge in [0.15, 0.2) is 17.3 Å². The molecule has 4 rings (SSSR count). The number of para-hydroxylation sites is 3.